The molecule has 0 fully saturated rings. The lowest BCUT2D eigenvalue weighted by atomic mass is 9.97. The van der Waals surface area contributed by atoms with Gasteiger partial charge in [0.15, 0.2) is 6.54 Å². The Morgan fingerprint density at radius 1 is 0.889 bits per heavy atom. The molecule has 3 aromatic carbocycles. The Kier molecular flexibility index (Phi) is 6.05. The first kappa shape index (κ1) is 18.9. The molecule has 0 saturated heterocycles. The third-order valence-corrected chi connectivity index (χ3v) is 4.85. The molecule has 3 rings (SSSR count). The quantitative estimate of drug-likeness (QED) is 0.693. The largest absolute Gasteiger partial charge is 0.321 e. The highest BCUT2D eigenvalue weighted by molar-refractivity contribution is 5.92. The van der Waals surface area contributed by atoms with Crippen molar-refractivity contribution in [1.29, 1.82) is 0 Å². The summed E-state index contributed by atoms with van der Waals surface area (Å²) in [6, 6.07) is 26.9. The third-order valence-electron chi connectivity index (χ3n) is 4.85. The molecular weight excluding hydrogens is 332 g/mol. The Morgan fingerprint density at radius 2 is 1.44 bits per heavy atom. The van der Waals surface area contributed by atoms with Gasteiger partial charge in [0, 0.05) is 16.8 Å². The summed E-state index contributed by atoms with van der Waals surface area (Å²) in [6.45, 7) is 4.47. The van der Waals surface area contributed by atoms with Gasteiger partial charge in [-0.15, -0.1) is 0 Å². The summed E-state index contributed by atoms with van der Waals surface area (Å²) in [5.74, 6) is 0.0244. The molecule has 3 nitrogen and oxygen atoms in total. The number of hydrogen-bond donors (Lipinski definition) is 2. The maximum Gasteiger partial charge on any atom is 0.279 e. The molecule has 0 bridgehead atoms. The molecule has 0 saturated carbocycles. The number of likely N-dealkylation sites (N-methyl/N-ethyl adjacent to an activating group) is 1. The van der Waals surface area contributed by atoms with Crippen LogP contribution in [0.3, 0.4) is 0 Å². The molecule has 0 aliphatic carbocycles. The lowest BCUT2D eigenvalue weighted by molar-refractivity contribution is -0.897. The highest BCUT2D eigenvalue weighted by Gasteiger charge is 2.25. The normalized spacial score (nSPS) is 12.0. The molecule has 1 atom stereocenters. The van der Waals surface area contributed by atoms with Crippen molar-refractivity contribution in [3.63, 3.8) is 0 Å². The molecular formula is C24H27N2O+. The minimum absolute atomic E-state index is 0.0244. The standard InChI is InChI=1S/C24H26N2O/c1-18-14-15-22(19(2)16-18)25-23(27)17-26(3)24(20-10-6-4-7-11-20)21-12-8-5-9-13-21/h4-16,24H,17H2,1-3H3,(H,25,27)/p+1. The fourth-order valence-electron chi connectivity index (χ4n) is 3.56. The van der Waals surface area contributed by atoms with Crippen LogP contribution < -0.4 is 10.2 Å². The summed E-state index contributed by atoms with van der Waals surface area (Å²) >= 11 is 0. The van der Waals surface area contributed by atoms with Gasteiger partial charge in [-0.25, -0.2) is 0 Å². The van der Waals surface area contributed by atoms with E-state index >= 15 is 0 Å². The van der Waals surface area contributed by atoms with E-state index in [0.29, 0.717) is 6.54 Å². The van der Waals surface area contributed by atoms with Crippen LogP contribution in [0.25, 0.3) is 0 Å². The van der Waals surface area contributed by atoms with Crippen LogP contribution in [0.1, 0.15) is 28.3 Å². The Balaban J connectivity index is 1.78. The topological polar surface area (TPSA) is 33.5 Å². The Labute approximate surface area is 161 Å². The monoisotopic (exact) mass is 359 g/mol. The molecule has 0 aliphatic heterocycles. The van der Waals surface area contributed by atoms with E-state index < -0.39 is 0 Å². The highest BCUT2D eigenvalue weighted by atomic mass is 16.2. The van der Waals surface area contributed by atoms with Crippen LogP contribution >= 0.6 is 0 Å². The molecule has 3 heteroatoms. The summed E-state index contributed by atoms with van der Waals surface area (Å²) in [7, 11) is 2.08. The van der Waals surface area contributed by atoms with Gasteiger partial charge in [-0.1, -0.05) is 78.4 Å². The molecule has 0 heterocycles. The Bertz CT molecular complexity index is 851. The zero-order chi connectivity index (χ0) is 19.2. The minimum atomic E-state index is 0.0244. The lowest BCUT2D eigenvalue weighted by Gasteiger charge is -2.25. The van der Waals surface area contributed by atoms with Crippen LogP contribution in [0.15, 0.2) is 78.9 Å². The first-order chi connectivity index (χ1) is 13.0. The number of carbonyl (C=O) groups is 1. The number of nitrogens with one attached hydrogen (secondary N) is 2. The van der Waals surface area contributed by atoms with Gasteiger partial charge in [-0.3, -0.25) is 4.79 Å². The number of hydrogen-bond acceptors (Lipinski definition) is 1. The van der Waals surface area contributed by atoms with Crippen LogP contribution in [-0.4, -0.2) is 19.5 Å². The second-order valence-electron chi connectivity index (χ2n) is 7.14. The fourth-order valence-corrected chi connectivity index (χ4v) is 3.56. The SMILES string of the molecule is Cc1ccc(NC(=O)C[NH+](C)C(c2ccccc2)c2ccccc2)c(C)c1. The van der Waals surface area contributed by atoms with Crippen LogP contribution in [0.4, 0.5) is 5.69 Å². The zero-order valence-corrected chi connectivity index (χ0v) is 16.2. The molecule has 3 aromatic rings. The van der Waals surface area contributed by atoms with Crippen molar-refractivity contribution in [2.24, 2.45) is 0 Å². The van der Waals surface area contributed by atoms with E-state index in [1.807, 2.05) is 55.5 Å². The average molecular weight is 359 g/mol. The molecule has 0 aliphatic rings. The first-order valence-corrected chi connectivity index (χ1v) is 9.34. The lowest BCUT2D eigenvalue weighted by Crippen LogP contribution is -3.10. The molecule has 27 heavy (non-hydrogen) atoms. The average Bonchev–Trinajstić information content (AvgIpc) is 2.66. The van der Waals surface area contributed by atoms with Gasteiger partial charge in [0.2, 0.25) is 0 Å². The van der Waals surface area contributed by atoms with E-state index in [9.17, 15) is 4.79 Å². The van der Waals surface area contributed by atoms with Crippen LogP contribution in [-0.2, 0) is 4.79 Å². The second-order valence-corrected chi connectivity index (χ2v) is 7.14. The summed E-state index contributed by atoms with van der Waals surface area (Å²) in [5, 5.41) is 3.07. The number of anilines is 1. The number of amides is 1. The second kappa shape index (κ2) is 8.65. The number of aryl methyl sites for hydroxylation is 2. The van der Waals surface area contributed by atoms with Gasteiger partial charge in [0.1, 0.15) is 6.04 Å². The van der Waals surface area contributed by atoms with Gasteiger partial charge in [0.05, 0.1) is 7.05 Å². The molecule has 0 radical (unpaired) electrons. The van der Waals surface area contributed by atoms with Gasteiger partial charge in [-0.2, -0.15) is 0 Å². The van der Waals surface area contributed by atoms with E-state index in [2.05, 4.69) is 49.6 Å². The summed E-state index contributed by atoms with van der Waals surface area (Å²) in [5.41, 5.74) is 5.58. The van der Waals surface area contributed by atoms with Crippen LogP contribution in [0, 0.1) is 13.8 Å². The minimum Gasteiger partial charge on any atom is -0.321 e. The first-order valence-electron chi connectivity index (χ1n) is 9.34. The van der Waals surface area contributed by atoms with Crippen molar-refractivity contribution in [2.75, 3.05) is 18.9 Å². The fraction of sp³-hybridized carbons (Fsp3) is 0.208. The third kappa shape index (κ3) is 4.83. The maximum absolute atomic E-state index is 12.7. The number of benzene rings is 3. The van der Waals surface area contributed by atoms with Gasteiger partial charge in [0.25, 0.3) is 5.91 Å². The van der Waals surface area contributed by atoms with E-state index in [1.165, 1.54) is 16.7 Å². The van der Waals surface area contributed by atoms with Gasteiger partial charge in [-0.05, 0) is 25.5 Å². The molecule has 0 spiro atoms. The van der Waals surface area contributed by atoms with Crippen LogP contribution in [0.5, 0.6) is 0 Å². The smallest absolute Gasteiger partial charge is 0.279 e. The highest BCUT2D eigenvalue weighted by Crippen LogP contribution is 2.19. The number of quaternary nitrogens is 1. The molecule has 1 unspecified atom stereocenters. The summed E-state index contributed by atoms with van der Waals surface area (Å²) < 4.78 is 0. The van der Waals surface area contributed by atoms with Crippen molar-refractivity contribution in [1.82, 2.24) is 0 Å². The van der Waals surface area contributed by atoms with Crippen LogP contribution in [0.2, 0.25) is 0 Å². The van der Waals surface area contributed by atoms with Crippen molar-refractivity contribution < 1.29 is 9.69 Å². The molecule has 0 aromatic heterocycles. The zero-order valence-electron chi connectivity index (χ0n) is 16.2. The summed E-state index contributed by atoms with van der Waals surface area (Å²) in [4.78, 5) is 13.8. The predicted molar refractivity (Wildman–Crippen MR) is 111 cm³/mol. The Hall–Kier alpha value is -2.91. The van der Waals surface area contributed by atoms with Crippen molar-refractivity contribution in [3.05, 3.63) is 101 Å². The van der Waals surface area contributed by atoms with E-state index in [1.54, 1.807) is 0 Å². The van der Waals surface area contributed by atoms with Gasteiger partial charge < -0.3 is 10.2 Å². The molecule has 1 amide bonds. The predicted octanol–water partition coefficient (Wildman–Crippen LogP) is 3.55. The van der Waals surface area contributed by atoms with Gasteiger partial charge >= 0.3 is 0 Å². The molecule has 138 valence electrons. The van der Waals surface area contributed by atoms with E-state index in [-0.39, 0.29) is 11.9 Å². The van der Waals surface area contributed by atoms with Crippen molar-refractivity contribution in [2.45, 2.75) is 19.9 Å². The number of rotatable bonds is 6. The van der Waals surface area contributed by atoms with Crippen molar-refractivity contribution >= 4 is 11.6 Å². The van der Waals surface area contributed by atoms with E-state index in [0.717, 1.165) is 16.2 Å². The van der Waals surface area contributed by atoms with Crippen molar-refractivity contribution in [3.8, 4) is 0 Å². The maximum atomic E-state index is 12.7. The molecule has 2 N–H and O–H groups in total. The Morgan fingerprint density at radius 3 is 1.96 bits per heavy atom. The number of carbonyl (C=O) groups excluding carboxylic acids is 1. The van der Waals surface area contributed by atoms with E-state index in [4.69, 9.17) is 0 Å². The summed E-state index contributed by atoms with van der Waals surface area (Å²) in [6.07, 6.45) is 0.